The summed E-state index contributed by atoms with van der Waals surface area (Å²) in [7, 11) is 0. The van der Waals surface area contributed by atoms with Crippen molar-refractivity contribution < 1.29 is 0 Å². The first-order valence-corrected chi connectivity index (χ1v) is 7.37. The van der Waals surface area contributed by atoms with Crippen LogP contribution < -0.4 is 0 Å². The van der Waals surface area contributed by atoms with E-state index in [2.05, 4.69) is 32.6 Å². The molecule has 0 aliphatic rings. The third kappa shape index (κ3) is 2.32. The molecule has 0 saturated heterocycles. The standard InChI is InChI=1S/C13H8Cl2IN3/c1-7-2-4-8(5-3-7)12-18-11(16)13-17-9(14)6-10(15)19(12)13/h2-6H,1H3. The zero-order valence-electron chi connectivity index (χ0n) is 9.86. The molecule has 0 amide bonds. The molecule has 0 atom stereocenters. The van der Waals surface area contributed by atoms with Crippen molar-refractivity contribution in [2.24, 2.45) is 0 Å². The molecule has 2 heterocycles. The van der Waals surface area contributed by atoms with Crippen molar-refractivity contribution in [3.05, 3.63) is 49.9 Å². The van der Waals surface area contributed by atoms with Gasteiger partial charge in [0.2, 0.25) is 0 Å². The molecule has 0 spiro atoms. The average molecular weight is 404 g/mol. The number of benzene rings is 1. The Bertz CT molecular complexity index is 766. The van der Waals surface area contributed by atoms with Gasteiger partial charge in [0.15, 0.2) is 5.65 Å². The zero-order valence-corrected chi connectivity index (χ0v) is 13.5. The predicted molar refractivity (Wildman–Crippen MR) is 85.9 cm³/mol. The fourth-order valence-electron chi connectivity index (χ4n) is 1.88. The minimum atomic E-state index is 0.366. The first-order valence-electron chi connectivity index (χ1n) is 5.53. The third-order valence-electron chi connectivity index (χ3n) is 2.79. The van der Waals surface area contributed by atoms with E-state index < -0.39 is 0 Å². The highest BCUT2D eigenvalue weighted by Crippen LogP contribution is 2.28. The second-order valence-electron chi connectivity index (χ2n) is 4.15. The van der Waals surface area contributed by atoms with Gasteiger partial charge in [-0.1, -0.05) is 53.0 Å². The molecule has 0 bridgehead atoms. The van der Waals surface area contributed by atoms with Crippen LogP contribution in [0.3, 0.4) is 0 Å². The van der Waals surface area contributed by atoms with Gasteiger partial charge in [0.25, 0.3) is 0 Å². The van der Waals surface area contributed by atoms with Crippen LogP contribution in [0.1, 0.15) is 5.56 Å². The first kappa shape index (κ1) is 13.1. The van der Waals surface area contributed by atoms with Gasteiger partial charge in [0.05, 0.1) is 0 Å². The number of aryl methyl sites for hydroxylation is 1. The van der Waals surface area contributed by atoms with Gasteiger partial charge in [-0.3, -0.25) is 4.40 Å². The number of imidazole rings is 1. The maximum atomic E-state index is 6.26. The topological polar surface area (TPSA) is 30.2 Å². The molecule has 0 aliphatic carbocycles. The summed E-state index contributed by atoms with van der Waals surface area (Å²) in [5.41, 5.74) is 2.87. The Kier molecular flexibility index (Phi) is 3.41. The fraction of sp³-hybridized carbons (Fsp3) is 0.0769. The van der Waals surface area contributed by atoms with Gasteiger partial charge in [-0.25, -0.2) is 9.97 Å². The molecule has 0 N–H and O–H groups in total. The van der Waals surface area contributed by atoms with Crippen LogP contribution in [0.25, 0.3) is 17.0 Å². The lowest BCUT2D eigenvalue weighted by Crippen LogP contribution is -1.94. The Morgan fingerprint density at radius 2 is 1.79 bits per heavy atom. The van der Waals surface area contributed by atoms with Gasteiger partial charge in [-0.15, -0.1) is 0 Å². The molecular weight excluding hydrogens is 396 g/mol. The number of fused-ring (bicyclic) bond motifs is 1. The maximum Gasteiger partial charge on any atom is 0.173 e. The second kappa shape index (κ2) is 4.92. The smallest absolute Gasteiger partial charge is 0.173 e. The van der Waals surface area contributed by atoms with Crippen LogP contribution in [0.2, 0.25) is 10.3 Å². The first-order chi connectivity index (χ1) is 9.06. The lowest BCUT2D eigenvalue weighted by molar-refractivity contribution is 1.12. The Morgan fingerprint density at radius 3 is 2.47 bits per heavy atom. The van der Waals surface area contributed by atoms with Crippen molar-refractivity contribution in [3.8, 4) is 11.4 Å². The number of aromatic nitrogens is 3. The van der Waals surface area contributed by atoms with E-state index in [0.717, 1.165) is 15.1 Å². The van der Waals surface area contributed by atoms with E-state index in [4.69, 9.17) is 23.2 Å². The number of hydrogen-bond acceptors (Lipinski definition) is 2. The lowest BCUT2D eigenvalue weighted by atomic mass is 10.1. The summed E-state index contributed by atoms with van der Waals surface area (Å²) in [4.78, 5) is 8.81. The van der Waals surface area contributed by atoms with Crippen LogP contribution in [0.15, 0.2) is 30.3 Å². The van der Waals surface area contributed by atoms with Crippen molar-refractivity contribution in [2.75, 3.05) is 0 Å². The number of rotatable bonds is 1. The Balaban J connectivity index is 2.33. The molecule has 3 aromatic rings. The van der Waals surface area contributed by atoms with Crippen LogP contribution in [0.5, 0.6) is 0 Å². The Hall–Kier alpha value is -0.850. The summed E-state index contributed by atoms with van der Waals surface area (Å²) >= 11 is 14.3. The molecule has 3 nitrogen and oxygen atoms in total. The molecular formula is C13H8Cl2IN3. The van der Waals surface area contributed by atoms with Crippen LogP contribution >= 0.6 is 45.8 Å². The van der Waals surface area contributed by atoms with Crippen molar-refractivity contribution in [3.63, 3.8) is 0 Å². The van der Waals surface area contributed by atoms with Crippen molar-refractivity contribution in [1.82, 2.24) is 14.4 Å². The fourth-order valence-corrected chi connectivity index (χ4v) is 2.97. The van der Waals surface area contributed by atoms with Gasteiger partial charge in [-0.2, -0.15) is 0 Å². The van der Waals surface area contributed by atoms with E-state index in [1.54, 1.807) is 10.5 Å². The quantitative estimate of drug-likeness (QED) is 0.438. The Morgan fingerprint density at radius 1 is 1.11 bits per heavy atom. The minimum absolute atomic E-state index is 0.366. The van der Waals surface area contributed by atoms with Crippen LogP contribution in [-0.2, 0) is 0 Å². The highest BCUT2D eigenvalue weighted by atomic mass is 127. The van der Waals surface area contributed by atoms with Crippen LogP contribution in [0.4, 0.5) is 0 Å². The minimum Gasteiger partial charge on any atom is -0.266 e. The zero-order chi connectivity index (χ0) is 13.6. The SMILES string of the molecule is Cc1ccc(-c2nc(I)c3nc(Cl)cc(Cl)n23)cc1. The molecule has 0 saturated carbocycles. The van der Waals surface area contributed by atoms with Crippen molar-refractivity contribution >= 4 is 51.4 Å². The van der Waals surface area contributed by atoms with E-state index in [9.17, 15) is 0 Å². The van der Waals surface area contributed by atoms with Gasteiger partial charge < -0.3 is 0 Å². The summed E-state index contributed by atoms with van der Waals surface area (Å²) in [6.07, 6.45) is 0. The van der Waals surface area contributed by atoms with Crippen LogP contribution in [0, 0.1) is 10.6 Å². The van der Waals surface area contributed by atoms with Crippen molar-refractivity contribution in [2.45, 2.75) is 6.92 Å². The molecule has 0 aliphatic heterocycles. The van der Waals surface area contributed by atoms with Gasteiger partial charge in [0, 0.05) is 11.6 Å². The summed E-state index contributed by atoms with van der Waals surface area (Å²) in [6, 6.07) is 9.74. The highest BCUT2D eigenvalue weighted by Gasteiger charge is 2.15. The maximum absolute atomic E-state index is 6.26. The highest BCUT2D eigenvalue weighted by molar-refractivity contribution is 14.1. The molecule has 1 aromatic carbocycles. The third-order valence-corrected chi connectivity index (χ3v) is 3.98. The predicted octanol–water partition coefficient (Wildman–Crippen LogP) is 4.62. The van der Waals surface area contributed by atoms with Gasteiger partial charge >= 0.3 is 0 Å². The van der Waals surface area contributed by atoms with E-state index >= 15 is 0 Å². The largest absolute Gasteiger partial charge is 0.266 e. The van der Waals surface area contributed by atoms with Gasteiger partial charge in [-0.05, 0) is 29.5 Å². The Labute approximate surface area is 133 Å². The van der Waals surface area contributed by atoms with Crippen molar-refractivity contribution in [1.29, 1.82) is 0 Å². The molecule has 6 heteroatoms. The molecule has 2 aromatic heterocycles. The number of nitrogens with zero attached hydrogens (tertiary/aromatic N) is 3. The van der Waals surface area contributed by atoms with Crippen LogP contribution in [-0.4, -0.2) is 14.4 Å². The van der Waals surface area contributed by atoms with E-state index in [1.165, 1.54) is 5.56 Å². The summed E-state index contributed by atoms with van der Waals surface area (Å²) < 4.78 is 2.58. The molecule has 19 heavy (non-hydrogen) atoms. The monoisotopic (exact) mass is 403 g/mol. The van der Waals surface area contributed by atoms with E-state index in [0.29, 0.717) is 16.0 Å². The summed E-state index contributed by atoms with van der Waals surface area (Å²) in [5.74, 6) is 0.772. The second-order valence-corrected chi connectivity index (χ2v) is 5.95. The normalized spacial score (nSPS) is 11.2. The molecule has 3 rings (SSSR count). The summed E-state index contributed by atoms with van der Waals surface area (Å²) in [5, 5.41) is 0.867. The van der Waals surface area contributed by atoms with E-state index in [-0.39, 0.29) is 0 Å². The van der Waals surface area contributed by atoms with E-state index in [1.807, 2.05) is 31.2 Å². The molecule has 0 radical (unpaired) electrons. The molecule has 0 fully saturated rings. The van der Waals surface area contributed by atoms with Gasteiger partial charge in [0.1, 0.15) is 19.8 Å². The molecule has 0 unspecified atom stereocenters. The molecule has 96 valence electrons. The summed E-state index contributed by atoms with van der Waals surface area (Å²) in [6.45, 7) is 2.05. The average Bonchev–Trinajstić information content (AvgIpc) is 2.68. The number of hydrogen-bond donors (Lipinski definition) is 0. The lowest BCUT2D eigenvalue weighted by Gasteiger charge is -2.04. The number of halogens is 3.